The fourth-order valence-electron chi connectivity index (χ4n) is 4.40. The molecule has 0 amide bonds. The molecule has 0 aromatic heterocycles. The van der Waals surface area contributed by atoms with E-state index in [2.05, 4.69) is 6.07 Å². The van der Waals surface area contributed by atoms with Gasteiger partial charge in [0, 0.05) is 12.0 Å². The second-order valence-corrected chi connectivity index (χ2v) is 8.34. The molecule has 1 aliphatic heterocycles. The molecule has 4 rings (SSSR count). The van der Waals surface area contributed by atoms with E-state index in [1.54, 1.807) is 36.4 Å². The highest BCUT2D eigenvalue weighted by molar-refractivity contribution is 5.96. The zero-order valence-corrected chi connectivity index (χ0v) is 18.2. The summed E-state index contributed by atoms with van der Waals surface area (Å²) in [6.07, 6.45) is 0.632. The number of nitrogens with zero attached hydrogens (tertiary/aromatic N) is 1. The van der Waals surface area contributed by atoms with E-state index in [0.29, 0.717) is 24.2 Å². The number of nitriles is 1. The Morgan fingerprint density at radius 2 is 1.52 bits per heavy atom. The molecule has 166 valence electrons. The summed E-state index contributed by atoms with van der Waals surface area (Å²) in [4.78, 5) is 25.5. The minimum atomic E-state index is -1.22. The number of Topliss-reactive ketones (excluding diaryl/α,β-unsaturated/α-hetero) is 1. The van der Waals surface area contributed by atoms with Crippen molar-refractivity contribution >= 4 is 11.8 Å². The van der Waals surface area contributed by atoms with Crippen molar-refractivity contribution in [1.29, 1.82) is 5.26 Å². The normalized spacial score (nSPS) is 22.2. The number of ether oxygens (including phenoxy) is 2. The zero-order chi connectivity index (χ0) is 23.1. The standard InChI is InChI=1S/C28H25NO4/c29-20-28(23-12-6-2-7-13-23)19-21(17-26(30)22-10-4-1-5-11-22)16-25(33-28)18-27(31)32-24-14-8-3-9-15-24/h1-15,21,25H,16-19H2/t21-,25+,28+/m1/s1. The van der Waals surface area contributed by atoms with E-state index in [1.807, 2.05) is 54.6 Å². The van der Waals surface area contributed by atoms with Crippen molar-refractivity contribution in [2.24, 2.45) is 5.92 Å². The van der Waals surface area contributed by atoms with Crippen molar-refractivity contribution in [3.8, 4) is 11.8 Å². The molecule has 0 aliphatic carbocycles. The summed E-state index contributed by atoms with van der Waals surface area (Å²) < 4.78 is 11.7. The number of carbonyl (C=O) groups excluding carboxylic acids is 2. The van der Waals surface area contributed by atoms with Gasteiger partial charge in [-0.2, -0.15) is 5.26 Å². The third-order valence-corrected chi connectivity index (χ3v) is 5.90. The first kappa shape index (κ1) is 22.4. The predicted octanol–water partition coefficient (Wildman–Crippen LogP) is 5.47. The van der Waals surface area contributed by atoms with Crippen molar-refractivity contribution in [3.63, 3.8) is 0 Å². The van der Waals surface area contributed by atoms with Crippen LogP contribution in [-0.4, -0.2) is 17.9 Å². The first-order valence-electron chi connectivity index (χ1n) is 11.1. The zero-order valence-electron chi connectivity index (χ0n) is 18.2. The Morgan fingerprint density at radius 1 is 0.909 bits per heavy atom. The van der Waals surface area contributed by atoms with Crippen LogP contribution in [0.1, 0.15) is 41.6 Å². The summed E-state index contributed by atoms with van der Waals surface area (Å²) in [6, 6.07) is 29.6. The van der Waals surface area contributed by atoms with Gasteiger partial charge in [-0.1, -0.05) is 78.9 Å². The number of benzene rings is 3. The molecule has 5 nitrogen and oxygen atoms in total. The lowest BCUT2D eigenvalue weighted by atomic mass is 9.77. The molecule has 5 heteroatoms. The molecule has 0 N–H and O–H groups in total. The van der Waals surface area contributed by atoms with Crippen LogP contribution in [0, 0.1) is 17.2 Å². The van der Waals surface area contributed by atoms with E-state index in [1.165, 1.54) is 0 Å². The Morgan fingerprint density at radius 3 is 2.15 bits per heavy atom. The lowest BCUT2D eigenvalue weighted by Gasteiger charge is -2.40. The lowest BCUT2D eigenvalue weighted by Crippen LogP contribution is -2.42. The minimum Gasteiger partial charge on any atom is -0.426 e. The molecular weight excluding hydrogens is 414 g/mol. The van der Waals surface area contributed by atoms with Gasteiger partial charge in [0.05, 0.1) is 12.5 Å². The van der Waals surface area contributed by atoms with Crippen LogP contribution >= 0.6 is 0 Å². The Labute approximate surface area is 193 Å². The van der Waals surface area contributed by atoms with Crippen LogP contribution < -0.4 is 4.74 Å². The molecule has 0 unspecified atom stereocenters. The number of esters is 1. The highest BCUT2D eigenvalue weighted by Crippen LogP contribution is 2.42. The van der Waals surface area contributed by atoms with Gasteiger partial charge >= 0.3 is 5.97 Å². The van der Waals surface area contributed by atoms with Crippen molar-refractivity contribution < 1.29 is 19.1 Å². The topological polar surface area (TPSA) is 76.4 Å². The van der Waals surface area contributed by atoms with Crippen LogP contribution in [-0.2, 0) is 15.1 Å². The molecule has 0 saturated carbocycles. The SMILES string of the molecule is N#C[C@]1(c2ccccc2)C[C@@H](CC(=O)c2ccccc2)C[C@@H](CC(=O)Oc2ccccc2)O1. The van der Waals surface area contributed by atoms with Gasteiger partial charge in [-0.15, -0.1) is 0 Å². The maximum Gasteiger partial charge on any atom is 0.313 e. The first-order valence-corrected chi connectivity index (χ1v) is 11.1. The molecule has 0 bridgehead atoms. The summed E-state index contributed by atoms with van der Waals surface area (Å²) in [7, 11) is 0. The molecule has 1 saturated heterocycles. The van der Waals surface area contributed by atoms with Gasteiger partial charge in [0.2, 0.25) is 0 Å². The third-order valence-electron chi connectivity index (χ3n) is 5.90. The molecule has 0 radical (unpaired) electrons. The van der Waals surface area contributed by atoms with E-state index < -0.39 is 17.7 Å². The minimum absolute atomic E-state index is 0.00118. The summed E-state index contributed by atoms with van der Waals surface area (Å²) in [5, 5.41) is 10.2. The van der Waals surface area contributed by atoms with Gasteiger partial charge in [-0.3, -0.25) is 9.59 Å². The molecule has 0 spiro atoms. The second kappa shape index (κ2) is 10.2. The van der Waals surface area contributed by atoms with Crippen molar-refractivity contribution in [1.82, 2.24) is 0 Å². The van der Waals surface area contributed by atoms with E-state index in [4.69, 9.17) is 9.47 Å². The fourth-order valence-corrected chi connectivity index (χ4v) is 4.40. The first-order chi connectivity index (χ1) is 16.1. The van der Waals surface area contributed by atoms with Gasteiger partial charge in [0.25, 0.3) is 0 Å². The third kappa shape index (κ3) is 5.54. The molecule has 33 heavy (non-hydrogen) atoms. The Kier molecular flexibility index (Phi) is 6.97. The molecule has 3 aromatic carbocycles. The molecule has 1 heterocycles. The Hall–Kier alpha value is -3.75. The van der Waals surface area contributed by atoms with E-state index in [9.17, 15) is 14.9 Å². The summed E-state index contributed by atoms with van der Waals surface area (Å²) in [5.74, 6) is -0.0568. The van der Waals surface area contributed by atoms with Crippen molar-refractivity contribution in [2.45, 2.75) is 37.4 Å². The molecular formula is C28H25NO4. The van der Waals surface area contributed by atoms with Gasteiger partial charge < -0.3 is 9.47 Å². The quantitative estimate of drug-likeness (QED) is 0.277. The van der Waals surface area contributed by atoms with Crippen molar-refractivity contribution in [2.75, 3.05) is 0 Å². The van der Waals surface area contributed by atoms with E-state index >= 15 is 0 Å². The van der Waals surface area contributed by atoms with Gasteiger partial charge in [-0.05, 0) is 36.5 Å². The number of para-hydroxylation sites is 1. The van der Waals surface area contributed by atoms with Gasteiger partial charge in [0.15, 0.2) is 11.4 Å². The van der Waals surface area contributed by atoms with Crippen LogP contribution in [0.4, 0.5) is 0 Å². The molecule has 1 fully saturated rings. The largest absolute Gasteiger partial charge is 0.426 e. The molecule has 3 aromatic rings. The highest BCUT2D eigenvalue weighted by Gasteiger charge is 2.44. The number of hydrogen-bond donors (Lipinski definition) is 0. The highest BCUT2D eigenvalue weighted by atomic mass is 16.5. The number of rotatable bonds is 7. The number of ketones is 1. The average Bonchev–Trinajstić information content (AvgIpc) is 2.85. The van der Waals surface area contributed by atoms with E-state index in [0.717, 1.165) is 5.56 Å². The summed E-state index contributed by atoms with van der Waals surface area (Å²) in [6.45, 7) is 0. The molecule has 1 aliphatic rings. The van der Waals surface area contributed by atoms with Crippen LogP contribution in [0.15, 0.2) is 91.0 Å². The fraction of sp³-hybridized carbons (Fsp3) is 0.250. The average molecular weight is 440 g/mol. The van der Waals surface area contributed by atoms with Crippen LogP contribution in [0.2, 0.25) is 0 Å². The monoisotopic (exact) mass is 439 g/mol. The number of hydrogen-bond acceptors (Lipinski definition) is 5. The predicted molar refractivity (Wildman–Crippen MR) is 123 cm³/mol. The maximum atomic E-state index is 12.9. The summed E-state index contributed by atoms with van der Waals surface area (Å²) in [5.41, 5.74) is 0.149. The van der Waals surface area contributed by atoms with Gasteiger partial charge in [-0.25, -0.2) is 0 Å². The lowest BCUT2D eigenvalue weighted by molar-refractivity contribution is -0.150. The maximum absolute atomic E-state index is 12.9. The van der Waals surface area contributed by atoms with Crippen molar-refractivity contribution in [3.05, 3.63) is 102 Å². The Bertz CT molecular complexity index is 1120. The smallest absolute Gasteiger partial charge is 0.313 e. The van der Waals surface area contributed by atoms with E-state index in [-0.39, 0.29) is 24.5 Å². The summed E-state index contributed by atoms with van der Waals surface area (Å²) >= 11 is 0. The van der Waals surface area contributed by atoms with Crippen LogP contribution in [0.3, 0.4) is 0 Å². The Balaban J connectivity index is 1.55. The van der Waals surface area contributed by atoms with Crippen LogP contribution in [0.25, 0.3) is 0 Å². The molecule has 3 atom stereocenters. The second-order valence-electron chi connectivity index (χ2n) is 8.34. The number of carbonyl (C=O) groups is 2. The van der Waals surface area contributed by atoms with Crippen LogP contribution in [0.5, 0.6) is 5.75 Å². The van der Waals surface area contributed by atoms with Gasteiger partial charge in [0.1, 0.15) is 11.8 Å².